The van der Waals surface area contributed by atoms with E-state index in [0.29, 0.717) is 23.1 Å². The van der Waals surface area contributed by atoms with Gasteiger partial charge in [0.05, 0.1) is 17.1 Å². The van der Waals surface area contributed by atoms with Crippen LogP contribution in [-0.4, -0.2) is 37.7 Å². The van der Waals surface area contributed by atoms with Crippen LogP contribution in [0.2, 0.25) is 10.0 Å². The normalized spacial score (nSPS) is 15.2. The Morgan fingerprint density at radius 3 is 2.69 bits per heavy atom. The number of para-hydroxylation sites is 2. The molecular formula is C18H15Cl2NO5. The van der Waals surface area contributed by atoms with Gasteiger partial charge < -0.3 is 19.5 Å². The maximum atomic E-state index is 12.0. The number of ether oxygens (including phenoxy) is 3. The Kier molecular flexibility index (Phi) is 5.85. The summed E-state index contributed by atoms with van der Waals surface area (Å²) < 4.78 is 16.2. The van der Waals surface area contributed by atoms with Crippen molar-refractivity contribution in [3.63, 3.8) is 0 Å². The molecule has 0 bridgehead atoms. The highest BCUT2D eigenvalue weighted by molar-refractivity contribution is 6.36. The molecule has 1 atom stereocenters. The van der Waals surface area contributed by atoms with Crippen molar-refractivity contribution in [2.75, 3.05) is 19.8 Å². The molecule has 1 heterocycles. The average Bonchev–Trinajstić information content (AvgIpc) is 2.64. The molecule has 8 heteroatoms. The van der Waals surface area contributed by atoms with Gasteiger partial charge in [-0.3, -0.25) is 4.79 Å². The lowest BCUT2D eigenvalue weighted by Crippen LogP contribution is -2.42. The molecule has 1 aliphatic heterocycles. The lowest BCUT2D eigenvalue weighted by molar-refractivity contribution is -0.124. The van der Waals surface area contributed by atoms with E-state index in [1.807, 2.05) is 18.2 Å². The fraction of sp³-hybridized carbons (Fsp3) is 0.222. The average molecular weight is 396 g/mol. The summed E-state index contributed by atoms with van der Waals surface area (Å²) >= 11 is 11.7. The number of amides is 1. The number of carbonyl (C=O) groups excluding carboxylic acids is 2. The van der Waals surface area contributed by atoms with Crippen molar-refractivity contribution in [3.05, 3.63) is 58.1 Å². The van der Waals surface area contributed by atoms with Gasteiger partial charge in [0.15, 0.2) is 18.1 Å². The van der Waals surface area contributed by atoms with Crippen LogP contribution in [0.3, 0.4) is 0 Å². The number of benzene rings is 2. The van der Waals surface area contributed by atoms with Crippen LogP contribution in [0.1, 0.15) is 10.4 Å². The number of carbonyl (C=O) groups is 2. The van der Waals surface area contributed by atoms with E-state index >= 15 is 0 Å². The van der Waals surface area contributed by atoms with Crippen LogP contribution in [0, 0.1) is 0 Å². The third kappa shape index (κ3) is 4.59. The molecule has 0 aromatic heterocycles. The van der Waals surface area contributed by atoms with Crippen molar-refractivity contribution in [1.29, 1.82) is 0 Å². The van der Waals surface area contributed by atoms with E-state index in [9.17, 15) is 9.59 Å². The minimum Gasteiger partial charge on any atom is -0.486 e. The van der Waals surface area contributed by atoms with Crippen molar-refractivity contribution in [3.8, 4) is 11.5 Å². The number of nitrogens with one attached hydrogen (secondary N) is 1. The zero-order valence-corrected chi connectivity index (χ0v) is 15.0. The number of hydrogen-bond acceptors (Lipinski definition) is 5. The van der Waals surface area contributed by atoms with Crippen LogP contribution in [0.25, 0.3) is 0 Å². The summed E-state index contributed by atoms with van der Waals surface area (Å²) in [5, 5.41) is 3.20. The van der Waals surface area contributed by atoms with E-state index in [-0.39, 0.29) is 23.2 Å². The lowest BCUT2D eigenvalue weighted by atomic mass is 10.2. The Labute approximate surface area is 159 Å². The largest absolute Gasteiger partial charge is 0.486 e. The molecule has 136 valence electrons. The van der Waals surface area contributed by atoms with E-state index in [1.165, 1.54) is 18.2 Å². The highest BCUT2D eigenvalue weighted by Crippen LogP contribution is 2.30. The van der Waals surface area contributed by atoms with Crippen LogP contribution in [0.15, 0.2) is 42.5 Å². The van der Waals surface area contributed by atoms with Gasteiger partial charge in [0.2, 0.25) is 0 Å². The highest BCUT2D eigenvalue weighted by atomic mass is 35.5. The first-order chi connectivity index (χ1) is 12.5. The standard InChI is InChI=1S/C18H15Cl2NO5/c19-11-5-6-13(14(20)7-11)18(23)25-10-17(22)21-8-12-9-24-15-3-1-2-4-16(15)26-12/h1-7,12H,8-10H2,(H,21,22). The number of fused-ring (bicyclic) bond motifs is 1. The van der Waals surface area contributed by atoms with Gasteiger partial charge >= 0.3 is 5.97 Å². The zero-order valence-electron chi connectivity index (χ0n) is 13.5. The Balaban J connectivity index is 1.44. The topological polar surface area (TPSA) is 73.9 Å². The minimum atomic E-state index is -0.701. The van der Waals surface area contributed by atoms with Gasteiger partial charge in [0, 0.05) is 5.02 Å². The summed E-state index contributed by atoms with van der Waals surface area (Å²) in [7, 11) is 0. The third-order valence-electron chi connectivity index (χ3n) is 3.58. The SMILES string of the molecule is O=C(COC(=O)c1ccc(Cl)cc1Cl)NCC1COc2ccccc2O1. The molecule has 0 fully saturated rings. The van der Waals surface area contributed by atoms with Gasteiger partial charge in [-0.2, -0.15) is 0 Å². The molecule has 1 amide bonds. The maximum Gasteiger partial charge on any atom is 0.340 e. The lowest BCUT2D eigenvalue weighted by Gasteiger charge is -2.26. The van der Waals surface area contributed by atoms with Crippen LogP contribution < -0.4 is 14.8 Å². The first-order valence-corrected chi connectivity index (χ1v) is 8.56. The minimum absolute atomic E-state index is 0.143. The van der Waals surface area contributed by atoms with Crippen molar-refractivity contribution < 1.29 is 23.8 Å². The molecule has 0 spiro atoms. The smallest absolute Gasteiger partial charge is 0.340 e. The molecule has 0 saturated carbocycles. The molecule has 0 aliphatic carbocycles. The van der Waals surface area contributed by atoms with E-state index in [0.717, 1.165) is 0 Å². The predicted molar refractivity (Wildman–Crippen MR) is 96.1 cm³/mol. The summed E-state index contributed by atoms with van der Waals surface area (Å²) in [6, 6.07) is 11.7. The quantitative estimate of drug-likeness (QED) is 0.787. The van der Waals surface area contributed by atoms with E-state index in [4.69, 9.17) is 37.4 Å². The highest BCUT2D eigenvalue weighted by Gasteiger charge is 2.21. The summed E-state index contributed by atoms with van der Waals surface area (Å²) in [6.07, 6.45) is -0.324. The Bertz CT molecular complexity index is 827. The first-order valence-electron chi connectivity index (χ1n) is 7.80. The number of halogens is 2. The van der Waals surface area contributed by atoms with Crippen molar-refractivity contribution in [1.82, 2.24) is 5.32 Å². The van der Waals surface area contributed by atoms with E-state index in [1.54, 1.807) is 6.07 Å². The second kappa shape index (κ2) is 8.29. The maximum absolute atomic E-state index is 12.0. The van der Waals surface area contributed by atoms with Gasteiger partial charge in [-0.1, -0.05) is 35.3 Å². The van der Waals surface area contributed by atoms with Gasteiger partial charge in [-0.05, 0) is 30.3 Å². The molecule has 1 aliphatic rings. The van der Waals surface area contributed by atoms with Crippen molar-refractivity contribution in [2.45, 2.75) is 6.10 Å². The summed E-state index contributed by atoms with van der Waals surface area (Å²) in [6.45, 7) is 0.117. The van der Waals surface area contributed by atoms with Gasteiger partial charge in [0.1, 0.15) is 12.7 Å². The molecule has 2 aromatic carbocycles. The van der Waals surface area contributed by atoms with Crippen molar-refractivity contribution >= 4 is 35.1 Å². The summed E-state index contributed by atoms with van der Waals surface area (Å²) in [5.41, 5.74) is 0.143. The Hall–Kier alpha value is -2.44. The van der Waals surface area contributed by atoms with Crippen LogP contribution >= 0.6 is 23.2 Å². The molecule has 0 radical (unpaired) electrons. The monoisotopic (exact) mass is 395 g/mol. The Morgan fingerprint density at radius 2 is 1.92 bits per heavy atom. The van der Waals surface area contributed by atoms with Crippen LogP contribution in [0.4, 0.5) is 0 Å². The molecule has 2 aromatic rings. The molecule has 1 N–H and O–H groups in total. The third-order valence-corrected chi connectivity index (χ3v) is 4.13. The second-order valence-electron chi connectivity index (χ2n) is 5.50. The fourth-order valence-electron chi connectivity index (χ4n) is 2.31. The second-order valence-corrected chi connectivity index (χ2v) is 6.35. The van der Waals surface area contributed by atoms with E-state index in [2.05, 4.69) is 5.32 Å². The molecular weight excluding hydrogens is 381 g/mol. The number of rotatable bonds is 5. The first kappa shape index (κ1) is 18.4. The number of esters is 1. The fourth-order valence-corrected chi connectivity index (χ4v) is 2.79. The van der Waals surface area contributed by atoms with Crippen LogP contribution in [-0.2, 0) is 9.53 Å². The van der Waals surface area contributed by atoms with Gasteiger partial charge in [-0.15, -0.1) is 0 Å². The summed E-state index contributed by atoms with van der Waals surface area (Å²) in [4.78, 5) is 23.8. The molecule has 26 heavy (non-hydrogen) atoms. The van der Waals surface area contributed by atoms with Crippen LogP contribution in [0.5, 0.6) is 11.5 Å². The number of hydrogen-bond donors (Lipinski definition) is 1. The van der Waals surface area contributed by atoms with E-state index < -0.39 is 18.5 Å². The zero-order chi connectivity index (χ0) is 18.5. The Morgan fingerprint density at radius 1 is 1.15 bits per heavy atom. The predicted octanol–water partition coefficient (Wildman–Crippen LogP) is 3.11. The molecule has 6 nitrogen and oxygen atoms in total. The molecule has 0 saturated heterocycles. The van der Waals surface area contributed by atoms with Gasteiger partial charge in [-0.25, -0.2) is 4.79 Å². The van der Waals surface area contributed by atoms with Gasteiger partial charge in [0.25, 0.3) is 5.91 Å². The van der Waals surface area contributed by atoms with Crippen molar-refractivity contribution in [2.24, 2.45) is 0 Å². The molecule has 3 rings (SSSR count). The molecule has 1 unspecified atom stereocenters. The summed E-state index contributed by atoms with van der Waals surface area (Å²) in [5.74, 6) is 0.143.